The van der Waals surface area contributed by atoms with Gasteiger partial charge in [0.1, 0.15) is 0 Å². The van der Waals surface area contributed by atoms with Gasteiger partial charge >= 0.3 is 5.97 Å². The maximum Gasteiger partial charge on any atom is 0.305 e. The number of aliphatic carboxylic acids is 1. The SMILES string of the molecule is CC(C)C(C)C(=O)N(CCC(=O)O)c1ccccc1N. The van der Waals surface area contributed by atoms with Crippen molar-refractivity contribution in [2.45, 2.75) is 27.2 Å². The third-order valence-electron chi connectivity index (χ3n) is 3.43. The molecule has 5 nitrogen and oxygen atoms in total. The van der Waals surface area contributed by atoms with Crippen molar-refractivity contribution in [3.05, 3.63) is 24.3 Å². The van der Waals surface area contributed by atoms with Gasteiger partial charge in [-0.2, -0.15) is 0 Å². The van der Waals surface area contributed by atoms with Gasteiger partial charge in [0.2, 0.25) is 5.91 Å². The second kappa shape index (κ2) is 6.93. The molecule has 0 heterocycles. The Hall–Kier alpha value is -2.04. The number of hydrogen-bond donors (Lipinski definition) is 2. The fourth-order valence-corrected chi connectivity index (χ4v) is 1.82. The van der Waals surface area contributed by atoms with Crippen molar-refractivity contribution >= 4 is 23.3 Å². The minimum Gasteiger partial charge on any atom is -0.481 e. The summed E-state index contributed by atoms with van der Waals surface area (Å²) in [7, 11) is 0. The highest BCUT2D eigenvalue weighted by atomic mass is 16.4. The Morgan fingerprint density at radius 3 is 2.35 bits per heavy atom. The zero-order valence-electron chi connectivity index (χ0n) is 12.2. The lowest BCUT2D eigenvalue weighted by atomic mass is 9.96. The number of amides is 1. The molecule has 0 spiro atoms. The first kappa shape index (κ1) is 16.0. The first-order valence-electron chi connectivity index (χ1n) is 6.72. The Morgan fingerprint density at radius 2 is 1.85 bits per heavy atom. The highest BCUT2D eigenvalue weighted by Gasteiger charge is 2.25. The molecular formula is C15H22N2O3. The van der Waals surface area contributed by atoms with E-state index in [1.807, 2.05) is 20.8 Å². The van der Waals surface area contributed by atoms with E-state index in [0.717, 1.165) is 0 Å². The van der Waals surface area contributed by atoms with Gasteiger partial charge in [-0.15, -0.1) is 0 Å². The predicted octanol–water partition coefficient (Wildman–Crippen LogP) is 2.37. The molecular weight excluding hydrogens is 256 g/mol. The zero-order chi connectivity index (χ0) is 15.3. The van der Waals surface area contributed by atoms with E-state index in [9.17, 15) is 9.59 Å². The van der Waals surface area contributed by atoms with Crippen LogP contribution in [0, 0.1) is 11.8 Å². The van der Waals surface area contributed by atoms with Crippen molar-refractivity contribution in [2.75, 3.05) is 17.2 Å². The van der Waals surface area contributed by atoms with Crippen LogP contribution < -0.4 is 10.6 Å². The van der Waals surface area contributed by atoms with Gasteiger partial charge in [0.25, 0.3) is 0 Å². The number of anilines is 2. The third kappa shape index (κ3) is 3.98. The van der Waals surface area contributed by atoms with E-state index in [2.05, 4.69) is 0 Å². The molecule has 20 heavy (non-hydrogen) atoms. The van der Waals surface area contributed by atoms with Crippen LogP contribution in [0.25, 0.3) is 0 Å². The summed E-state index contributed by atoms with van der Waals surface area (Å²) in [5.41, 5.74) is 6.95. The molecule has 0 saturated carbocycles. The van der Waals surface area contributed by atoms with E-state index in [-0.39, 0.29) is 30.7 Å². The quantitative estimate of drug-likeness (QED) is 0.782. The summed E-state index contributed by atoms with van der Waals surface area (Å²) in [6.45, 7) is 5.90. The largest absolute Gasteiger partial charge is 0.481 e. The Bertz CT molecular complexity index is 486. The summed E-state index contributed by atoms with van der Waals surface area (Å²) in [5, 5.41) is 8.84. The Morgan fingerprint density at radius 1 is 1.25 bits per heavy atom. The molecule has 110 valence electrons. The molecule has 0 radical (unpaired) electrons. The Labute approximate surface area is 119 Å². The first-order valence-corrected chi connectivity index (χ1v) is 6.72. The minimum absolute atomic E-state index is 0.0980. The van der Waals surface area contributed by atoms with Gasteiger partial charge in [-0.3, -0.25) is 9.59 Å². The van der Waals surface area contributed by atoms with E-state index in [1.54, 1.807) is 24.3 Å². The standard InChI is InChI=1S/C15H22N2O3/c1-10(2)11(3)15(20)17(9-8-14(18)19)13-7-5-4-6-12(13)16/h4-7,10-11H,8-9,16H2,1-3H3,(H,18,19). The van der Waals surface area contributed by atoms with Gasteiger partial charge < -0.3 is 15.7 Å². The molecule has 0 aliphatic carbocycles. The van der Waals surface area contributed by atoms with Crippen molar-refractivity contribution in [2.24, 2.45) is 11.8 Å². The molecule has 1 atom stereocenters. The molecule has 0 aliphatic heterocycles. The lowest BCUT2D eigenvalue weighted by molar-refractivity contribution is -0.136. The number of carboxylic acids is 1. The van der Waals surface area contributed by atoms with Crippen LogP contribution in [0.4, 0.5) is 11.4 Å². The zero-order valence-corrected chi connectivity index (χ0v) is 12.2. The second-order valence-electron chi connectivity index (χ2n) is 5.23. The van der Waals surface area contributed by atoms with Crippen LogP contribution in [0.2, 0.25) is 0 Å². The number of nitrogens with two attached hydrogens (primary N) is 1. The molecule has 1 rings (SSSR count). The van der Waals surface area contributed by atoms with E-state index in [4.69, 9.17) is 10.8 Å². The summed E-state index contributed by atoms with van der Waals surface area (Å²) >= 11 is 0. The molecule has 1 aromatic rings. The topological polar surface area (TPSA) is 83.6 Å². The van der Waals surface area contributed by atoms with Crippen LogP contribution in [-0.2, 0) is 9.59 Å². The molecule has 0 aromatic heterocycles. The summed E-state index contributed by atoms with van der Waals surface area (Å²) in [4.78, 5) is 24.8. The number of hydrogen-bond acceptors (Lipinski definition) is 3. The molecule has 0 saturated heterocycles. The predicted molar refractivity (Wildman–Crippen MR) is 79.5 cm³/mol. The smallest absolute Gasteiger partial charge is 0.305 e. The van der Waals surface area contributed by atoms with E-state index in [0.29, 0.717) is 11.4 Å². The van der Waals surface area contributed by atoms with E-state index < -0.39 is 5.97 Å². The van der Waals surface area contributed by atoms with Crippen LogP contribution in [0.3, 0.4) is 0 Å². The Kier molecular flexibility index (Phi) is 5.55. The van der Waals surface area contributed by atoms with Gasteiger partial charge in [0.15, 0.2) is 0 Å². The molecule has 0 fully saturated rings. The van der Waals surface area contributed by atoms with Crippen molar-refractivity contribution < 1.29 is 14.7 Å². The fraction of sp³-hybridized carbons (Fsp3) is 0.467. The number of nitrogens with zero attached hydrogens (tertiary/aromatic N) is 1. The minimum atomic E-state index is -0.936. The number of rotatable bonds is 6. The number of nitrogen functional groups attached to an aromatic ring is 1. The normalized spacial score (nSPS) is 12.2. The van der Waals surface area contributed by atoms with Crippen LogP contribution in [0.15, 0.2) is 24.3 Å². The monoisotopic (exact) mass is 278 g/mol. The molecule has 0 bridgehead atoms. The Balaban J connectivity index is 3.05. The number of carboxylic acid groups (broad SMARTS) is 1. The van der Waals surface area contributed by atoms with Gasteiger partial charge in [-0.25, -0.2) is 0 Å². The second-order valence-corrected chi connectivity index (χ2v) is 5.23. The number of carbonyl (C=O) groups is 2. The van der Waals surface area contributed by atoms with Crippen LogP contribution in [0.5, 0.6) is 0 Å². The fourth-order valence-electron chi connectivity index (χ4n) is 1.82. The van der Waals surface area contributed by atoms with Crippen molar-refractivity contribution in [1.29, 1.82) is 0 Å². The lowest BCUT2D eigenvalue weighted by Crippen LogP contribution is -2.39. The first-order chi connectivity index (χ1) is 9.34. The molecule has 1 aromatic carbocycles. The van der Waals surface area contributed by atoms with Gasteiger partial charge in [-0.05, 0) is 18.1 Å². The van der Waals surface area contributed by atoms with Crippen molar-refractivity contribution in [3.8, 4) is 0 Å². The molecule has 1 unspecified atom stereocenters. The average molecular weight is 278 g/mol. The lowest BCUT2D eigenvalue weighted by Gasteiger charge is -2.28. The van der Waals surface area contributed by atoms with Gasteiger partial charge in [0.05, 0.1) is 17.8 Å². The summed E-state index contributed by atoms with van der Waals surface area (Å²) < 4.78 is 0. The summed E-state index contributed by atoms with van der Waals surface area (Å²) in [6.07, 6.45) is -0.106. The third-order valence-corrected chi connectivity index (χ3v) is 3.43. The average Bonchev–Trinajstić information content (AvgIpc) is 2.39. The van der Waals surface area contributed by atoms with Crippen LogP contribution in [-0.4, -0.2) is 23.5 Å². The molecule has 5 heteroatoms. The maximum absolute atomic E-state index is 12.5. The van der Waals surface area contributed by atoms with Crippen LogP contribution >= 0.6 is 0 Å². The van der Waals surface area contributed by atoms with Crippen molar-refractivity contribution in [1.82, 2.24) is 0 Å². The molecule has 0 aliphatic rings. The summed E-state index contributed by atoms with van der Waals surface area (Å²) in [6, 6.07) is 7.01. The van der Waals surface area contributed by atoms with Gasteiger partial charge in [-0.1, -0.05) is 32.9 Å². The molecule has 3 N–H and O–H groups in total. The maximum atomic E-state index is 12.5. The van der Waals surface area contributed by atoms with Crippen molar-refractivity contribution in [3.63, 3.8) is 0 Å². The number of para-hydroxylation sites is 2. The summed E-state index contributed by atoms with van der Waals surface area (Å²) in [5.74, 6) is -1.04. The van der Waals surface area contributed by atoms with E-state index in [1.165, 1.54) is 4.90 Å². The highest BCUT2D eigenvalue weighted by molar-refractivity contribution is 5.98. The molecule has 1 amide bonds. The highest BCUT2D eigenvalue weighted by Crippen LogP contribution is 2.26. The van der Waals surface area contributed by atoms with Crippen LogP contribution in [0.1, 0.15) is 27.2 Å². The van der Waals surface area contributed by atoms with Gasteiger partial charge in [0, 0.05) is 12.5 Å². The van der Waals surface area contributed by atoms with E-state index >= 15 is 0 Å². The number of benzene rings is 1. The number of carbonyl (C=O) groups excluding carboxylic acids is 1.